The fraction of sp³-hybridized carbons (Fsp3) is 0.556. The van der Waals surface area contributed by atoms with Crippen molar-refractivity contribution in [3.63, 3.8) is 0 Å². The van der Waals surface area contributed by atoms with E-state index in [1.54, 1.807) is 0 Å². The van der Waals surface area contributed by atoms with Gasteiger partial charge in [-0.15, -0.1) is 0 Å². The first kappa shape index (κ1) is 43.9. The van der Waals surface area contributed by atoms with Gasteiger partial charge in [0.2, 0.25) is 12.3 Å². The summed E-state index contributed by atoms with van der Waals surface area (Å²) in [7, 11) is -1.33. The number of piperidine rings is 1. The lowest BCUT2D eigenvalue weighted by atomic mass is 9.97. The minimum atomic E-state index is -1.33. The normalized spacial score (nSPS) is 16.0. The number of fused-ring (bicyclic) bond motifs is 2. The highest BCUT2D eigenvalue weighted by atomic mass is 32.2. The molecule has 2 aliphatic rings. The van der Waals surface area contributed by atoms with Gasteiger partial charge in [0.05, 0.1) is 27.8 Å². The van der Waals surface area contributed by atoms with E-state index in [-0.39, 0.29) is 24.3 Å². The number of aromatic amines is 1. The van der Waals surface area contributed by atoms with Crippen molar-refractivity contribution in [3.8, 4) is 5.75 Å². The molecule has 0 aliphatic carbocycles. The number of likely N-dealkylation sites (tertiary alicyclic amines) is 1. The smallest absolute Gasteiger partial charge is 0.254 e. The Morgan fingerprint density at radius 2 is 1.80 bits per heavy atom. The molecule has 14 heteroatoms. The first-order valence-corrected chi connectivity index (χ1v) is 22.5. The van der Waals surface area contributed by atoms with Crippen LogP contribution < -0.4 is 15.4 Å². The van der Waals surface area contributed by atoms with Crippen molar-refractivity contribution in [2.45, 2.75) is 134 Å². The zero-order valence-electron chi connectivity index (χ0n) is 35.7. The van der Waals surface area contributed by atoms with Crippen LogP contribution in [0, 0.1) is 19.8 Å². The molecule has 0 radical (unpaired) electrons. The summed E-state index contributed by atoms with van der Waals surface area (Å²) in [5.74, 6) is 2.09. The van der Waals surface area contributed by atoms with E-state index in [2.05, 4.69) is 41.8 Å². The average molecular weight is 827 g/mol. The molecule has 59 heavy (non-hydrogen) atoms. The number of carbonyl (C=O) groups is 3. The number of aromatic nitrogens is 4. The van der Waals surface area contributed by atoms with Gasteiger partial charge in [-0.25, -0.2) is 9.97 Å². The lowest BCUT2D eigenvalue weighted by molar-refractivity contribution is -0.125. The molecule has 2 aromatic carbocycles. The van der Waals surface area contributed by atoms with Crippen LogP contribution in [0.15, 0.2) is 41.6 Å². The first-order chi connectivity index (χ1) is 28.3. The predicted octanol–water partition coefficient (Wildman–Crippen LogP) is 7.69. The zero-order valence-corrected chi connectivity index (χ0v) is 36.5. The van der Waals surface area contributed by atoms with Crippen molar-refractivity contribution in [1.82, 2.24) is 35.3 Å². The van der Waals surface area contributed by atoms with E-state index in [4.69, 9.17) is 4.74 Å². The van der Waals surface area contributed by atoms with Crippen LogP contribution in [0.25, 0.3) is 10.9 Å². The zero-order chi connectivity index (χ0) is 42.1. The van der Waals surface area contributed by atoms with Crippen molar-refractivity contribution in [2.24, 2.45) is 5.92 Å². The maximum absolute atomic E-state index is 13.8. The Bertz CT molecular complexity index is 2120. The van der Waals surface area contributed by atoms with Crippen LogP contribution in [0.2, 0.25) is 0 Å². The maximum atomic E-state index is 13.8. The summed E-state index contributed by atoms with van der Waals surface area (Å²) in [6, 6.07) is 9.80. The molecule has 2 aliphatic heterocycles. The fourth-order valence-electron chi connectivity index (χ4n) is 8.05. The van der Waals surface area contributed by atoms with Crippen molar-refractivity contribution in [2.75, 3.05) is 31.6 Å². The van der Waals surface area contributed by atoms with E-state index in [0.717, 1.165) is 78.6 Å². The molecular formula is C45H62N8O5S. The molecule has 3 N–H and O–H groups in total. The highest BCUT2D eigenvalue weighted by Gasteiger charge is 2.32. The van der Waals surface area contributed by atoms with Crippen molar-refractivity contribution in [1.29, 1.82) is 0 Å². The number of benzene rings is 2. The number of rotatable bonds is 20. The Labute approximate surface area is 351 Å². The topological polar surface area (TPSA) is 163 Å². The van der Waals surface area contributed by atoms with Crippen molar-refractivity contribution >= 4 is 51.6 Å². The Hall–Kier alpha value is -4.69. The molecule has 2 atom stereocenters. The lowest BCUT2D eigenvalue weighted by Crippen LogP contribution is -2.36. The SMILES string of the molecule is Cc1[nH]nc(Nc2ncnc3cc(OCC4CCN(CCCCCCCCc5cccc6c5CN(C(C)CCC(=O)NC=O)C6=O)CC4)c(S(=O)C(C)(C)C)cc23)c1C. The number of amides is 3. The van der Waals surface area contributed by atoms with Gasteiger partial charge in [-0.2, -0.15) is 5.10 Å². The monoisotopic (exact) mass is 826 g/mol. The van der Waals surface area contributed by atoms with E-state index < -0.39 is 15.5 Å². The van der Waals surface area contributed by atoms with E-state index in [9.17, 15) is 18.6 Å². The minimum absolute atomic E-state index is 0.0309. The van der Waals surface area contributed by atoms with E-state index in [1.165, 1.54) is 44.0 Å². The van der Waals surface area contributed by atoms with E-state index >= 15 is 0 Å². The van der Waals surface area contributed by atoms with E-state index in [0.29, 0.717) is 54.2 Å². The molecule has 2 aromatic heterocycles. The van der Waals surface area contributed by atoms with Gasteiger partial charge in [0.1, 0.15) is 17.9 Å². The van der Waals surface area contributed by atoms with Gasteiger partial charge in [0, 0.05) is 52.0 Å². The second-order valence-corrected chi connectivity index (χ2v) is 19.5. The molecule has 6 rings (SSSR count). The van der Waals surface area contributed by atoms with Gasteiger partial charge in [-0.05, 0) is 129 Å². The van der Waals surface area contributed by atoms with Gasteiger partial charge in [0.15, 0.2) is 5.82 Å². The third-order valence-electron chi connectivity index (χ3n) is 11.9. The summed E-state index contributed by atoms with van der Waals surface area (Å²) in [6.45, 7) is 16.3. The third kappa shape index (κ3) is 11.1. The number of carbonyl (C=O) groups excluding carboxylic acids is 3. The molecule has 4 heterocycles. The Morgan fingerprint density at radius 1 is 1.05 bits per heavy atom. The maximum Gasteiger partial charge on any atom is 0.254 e. The van der Waals surface area contributed by atoms with Gasteiger partial charge < -0.3 is 19.9 Å². The summed E-state index contributed by atoms with van der Waals surface area (Å²) in [5.41, 5.74) is 5.88. The molecule has 0 spiro atoms. The van der Waals surface area contributed by atoms with Gasteiger partial charge in [-0.3, -0.25) is 29.0 Å². The summed E-state index contributed by atoms with van der Waals surface area (Å²) in [5, 5.41) is 13.7. The van der Waals surface area contributed by atoms with Crippen molar-refractivity contribution in [3.05, 3.63) is 64.6 Å². The Balaban J connectivity index is 0.905. The number of unbranched alkanes of at least 4 members (excludes halogenated alkanes) is 5. The highest BCUT2D eigenvalue weighted by Crippen LogP contribution is 2.36. The second-order valence-electron chi connectivity index (χ2n) is 17.3. The fourth-order valence-corrected chi connectivity index (χ4v) is 9.24. The number of nitrogens with zero attached hydrogens (tertiary/aromatic N) is 5. The average Bonchev–Trinajstić information content (AvgIpc) is 3.73. The van der Waals surface area contributed by atoms with Crippen LogP contribution in [-0.2, 0) is 33.4 Å². The number of hydrogen-bond donors (Lipinski definition) is 3. The lowest BCUT2D eigenvalue weighted by Gasteiger charge is -2.32. The standard InChI is InChI=1S/C45H62N8O5S/c1-30(17-18-41(55)48-29-54)53-26-37-34(15-13-16-35(37)44(53)56)14-11-9-7-8-10-12-21-52-22-19-33(20-23-52)27-58-39-25-38-36(24-40(39)59(57)45(4,5)6)43(47-28-46-38)49-42-31(2)32(3)50-51-42/h13,15-16,24-25,28-30,33H,7-12,14,17-23,26-27H2,1-6H3,(H,48,54,55)(H2,46,47,49,50,51). The highest BCUT2D eigenvalue weighted by molar-refractivity contribution is 7.86. The number of ether oxygens (including phenoxy) is 1. The number of hydrogen-bond acceptors (Lipinski definition) is 10. The number of aryl methyl sites for hydroxylation is 2. The van der Waals surface area contributed by atoms with Crippen molar-refractivity contribution < 1.29 is 23.3 Å². The van der Waals surface area contributed by atoms with Crippen LogP contribution in [0.1, 0.15) is 125 Å². The molecule has 1 saturated heterocycles. The van der Waals surface area contributed by atoms with Gasteiger partial charge in [-0.1, -0.05) is 37.8 Å². The minimum Gasteiger partial charge on any atom is -0.492 e. The quantitative estimate of drug-likeness (QED) is 0.0595. The molecule has 0 bridgehead atoms. The predicted molar refractivity (Wildman–Crippen MR) is 232 cm³/mol. The Kier molecular flexibility index (Phi) is 14.9. The summed E-state index contributed by atoms with van der Waals surface area (Å²) in [4.78, 5) is 49.6. The van der Waals surface area contributed by atoms with Crippen LogP contribution >= 0.6 is 0 Å². The number of H-pyrrole nitrogens is 1. The molecule has 3 amide bonds. The molecule has 318 valence electrons. The Morgan fingerprint density at radius 3 is 2.51 bits per heavy atom. The molecule has 4 aromatic rings. The van der Waals surface area contributed by atoms with Crippen LogP contribution in [-0.4, -0.2) is 89.4 Å². The molecular weight excluding hydrogens is 765 g/mol. The molecule has 13 nitrogen and oxygen atoms in total. The number of nitrogens with one attached hydrogen (secondary N) is 3. The summed E-state index contributed by atoms with van der Waals surface area (Å²) < 4.78 is 19.9. The van der Waals surface area contributed by atoms with Gasteiger partial charge in [0.25, 0.3) is 5.91 Å². The van der Waals surface area contributed by atoms with Crippen LogP contribution in [0.5, 0.6) is 5.75 Å². The molecule has 0 saturated carbocycles. The van der Waals surface area contributed by atoms with Crippen LogP contribution in [0.4, 0.5) is 11.6 Å². The number of imide groups is 1. The summed E-state index contributed by atoms with van der Waals surface area (Å²) >= 11 is 0. The largest absolute Gasteiger partial charge is 0.492 e. The molecule has 2 unspecified atom stereocenters. The first-order valence-electron chi connectivity index (χ1n) is 21.3. The van der Waals surface area contributed by atoms with E-state index in [1.807, 2.05) is 70.7 Å². The van der Waals surface area contributed by atoms with Crippen LogP contribution in [0.3, 0.4) is 0 Å². The second kappa shape index (κ2) is 20.0. The summed E-state index contributed by atoms with van der Waals surface area (Å²) in [6.07, 6.45) is 12.9. The number of anilines is 2. The third-order valence-corrected chi connectivity index (χ3v) is 13.8. The molecule has 1 fully saturated rings. The van der Waals surface area contributed by atoms with Gasteiger partial charge >= 0.3 is 0 Å².